The van der Waals surface area contributed by atoms with Crippen LogP contribution in [-0.2, 0) is 11.3 Å². The van der Waals surface area contributed by atoms with Gasteiger partial charge in [-0.25, -0.2) is 0 Å². The van der Waals surface area contributed by atoms with Gasteiger partial charge in [0.15, 0.2) is 0 Å². The molecule has 3 rings (SSSR count). The molecule has 1 aromatic rings. The lowest BCUT2D eigenvalue weighted by Gasteiger charge is -2.38. The number of hydrogen-bond acceptors (Lipinski definition) is 2. The third-order valence-electron chi connectivity index (χ3n) is 5.36. The molecule has 2 aliphatic rings. The molecule has 21 heavy (non-hydrogen) atoms. The molecule has 0 heterocycles. The minimum absolute atomic E-state index is 0.169. The number of aromatic hydroxyl groups is 1. The van der Waals surface area contributed by atoms with E-state index in [9.17, 15) is 9.90 Å². The zero-order valence-electron chi connectivity index (χ0n) is 12.6. The fourth-order valence-corrected chi connectivity index (χ4v) is 4.10. The number of amides is 1. The van der Waals surface area contributed by atoms with Crippen molar-refractivity contribution >= 4 is 5.91 Å². The fraction of sp³-hybridized carbons (Fsp3) is 0.611. The molecule has 3 nitrogen and oxygen atoms in total. The molecule has 0 aromatic heterocycles. The summed E-state index contributed by atoms with van der Waals surface area (Å²) in [5.41, 5.74) is 0.789. The molecular formula is C18H25NO2. The van der Waals surface area contributed by atoms with Crippen molar-refractivity contribution in [2.75, 3.05) is 0 Å². The van der Waals surface area contributed by atoms with E-state index in [0.717, 1.165) is 30.2 Å². The number of hydrogen-bond donors (Lipinski definition) is 2. The van der Waals surface area contributed by atoms with Gasteiger partial charge in [0.2, 0.25) is 5.91 Å². The average molecular weight is 287 g/mol. The normalized spacial score (nSPS) is 28.7. The van der Waals surface area contributed by atoms with Gasteiger partial charge in [-0.3, -0.25) is 4.79 Å². The third kappa shape index (κ3) is 3.39. The SMILES string of the molecule is O=C(NCc1ccccc1O)C1CCC2CCCCC2C1. The maximum Gasteiger partial charge on any atom is 0.223 e. The van der Waals surface area contributed by atoms with Gasteiger partial charge < -0.3 is 10.4 Å². The standard InChI is InChI=1S/C18H25NO2/c20-17-8-4-3-7-16(17)12-19-18(21)15-10-9-13-5-1-2-6-14(13)11-15/h3-4,7-8,13-15,20H,1-2,5-6,9-12H2,(H,19,21). The van der Waals surface area contributed by atoms with Gasteiger partial charge in [0.05, 0.1) is 0 Å². The van der Waals surface area contributed by atoms with Gasteiger partial charge in [0, 0.05) is 18.0 Å². The summed E-state index contributed by atoms with van der Waals surface area (Å²) in [7, 11) is 0. The summed E-state index contributed by atoms with van der Waals surface area (Å²) in [6.45, 7) is 0.427. The highest BCUT2D eigenvalue weighted by Gasteiger charge is 2.34. The molecule has 0 bridgehead atoms. The van der Waals surface area contributed by atoms with Crippen molar-refractivity contribution in [3.05, 3.63) is 29.8 Å². The zero-order chi connectivity index (χ0) is 14.7. The van der Waals surface area contributed by atoms with Crippen LogP contribution >= 0.6 is 0 Å². The van der Waals surface area contributed by atoms with Crippen LogP contribution in [0.5, 0.6) is 5.75 Å². The largest absolute Gasteiger partial charge is 0.508 e. The van der Waals surface area contributed by atoms with Gasteiger partial charge >= 0.3 is 0 Å². The van der Waals surface area contributed by atoms with E-state index in [0.29, 0.717) is 6.54 Å². The Morgan fingerprint density at radius 1 is 1.10 bits per heavy atom. The van der Waals surface area contributed by atoms with E-state index in [1.807, 2.05) is 12.1 Å². The second-order valence-electron chi connectivity index (χ2n) is 6.66. The van der Waals surface area contributed by atoms with E-state index in [-0.39, 0.29) is 17.6 Å². The number of nitrogens with one attached hydrogen (secondary N) is 1. The Morgan fingerprint density at radius 2 is 1.86 bits per heavy atom. The van der Waals surface area contributed by atoms with Crippen LogP contribution in [0.2, 0.25) is 0 Å². The van der Waals surface area contributed by atoms with Crippen LogP contribution < -0.4 is 5.32 Å². The summed E-state index contributed by atoms with van der Waals surface area (Å²) in [6, 6.07) is 7.20. The second kappa shape index (κ2) is 6.50. The molecule has 2 aliphatic carbocycles. The van der Waals surface area contributed by atoms with Crippen LogP contribution in [0.1, 0.15) is 50.5 Å². The van der Waals surface area contributed by atoms with E-state index in [4.69, 9.17) is 0 Å². The van der Waals surface area contributed by atoms with Crippen molar-refractivity contribution < 1.29 is 9.90 Å². The molecule has 114 valence electrons. The summed E-state index contributed by atoms with van der Waals surface area (Å²) in [6.07, 6.45) is 8.73. The molecule has 0 aliphatic heterocycles. The van der Waals surface area contributed by atoms with Gasteiger partial charge in [-0.1, -0.05) is 43.9 Å². The summed E-state index contributed by atoms with van der Waals surface area (Å²) in [5.74, 6) is 2.25. The lowest BCUT2D eigenvalue weighted by molar-refractivity contribution is -0.127. The zero-order valence-corrected chi connectivity index (χ0v) is 12.6. The Labute approximate surface area is 126 Å². The van der Waals surface area contributed by atoms with E-state index >= 15 is 0 Å². The summed E-state index contributed by atoms with van der Waals surface area (Å²) in [4.78, 5) is 12.4. The highest BCUT2D eigenvalue weighted by atomic mass is 16.3. The second-order valence-corrected chi connectivity index (χ2v) is 6.66. The fourth-order valence-electron chi connectivity index (χ4n) is 4.10. The van der Waals surface area contributed by atoms with E-state index < -0.39 is 0 Å². The van der Waals surface area contributed by atoms with Crippen molar-refractivity contribution in [2.45, 2.75) is 51.5 Å². The van der Waals surface area contributed by atoms with Crippen molar-refractivity contribution in [1.82, 2.24) is 5.32 Å². The van der Waals surface area contributed by atoms with Crippen LogP contribution in [0.15, 0.2) is 24.3 Å². The number of carbonyl (C=O) groups excluding carboxylic acids is 1. The smallest absolute Gasteiger partial charge is 0.223 e. The quantitative estimate of drug-likeness (QED) is 0.892. The van der Waals surface area contributed by atoms with Crippen LogP contribution in [0.25, 0.3) is 0 Å². The van der Waals surface area contributed by atoms with Crippen molar-refractivity contribution in [1.29, 1.82) is 0 Å². The molecule has 0 saturated heterocycles. The molecule has 2 N–H and O–H groups in total. The molecule has 0 spiro atoms. The molecule has 1 amide bonds. The Hall–Kier alpha value is -1.51. The van der Waals surface area contributed by atoms with Crippen LogP contribution in [-0.4, -0.2) is 11.0 Å². The highest BCUT2D eigenvalue weighted by molar-refractivity contribution is 5.78. The predicted octanol–water partition coefficient (Wildman–Crippen LogP) is 3.61. The Balaban J connectivity index is 1.53. The Kier molecular flexibility index (Phi) is 4.47. The molecule has 2 saturated carbocycles. The topological polar surface area (TPSA) is 49.3 Å². The van der Waals surface area contributed by atoms with Crippen molar-refractivity contribution in [3.63, 3.8) is 0 Å². The number of phenols is 1. The van der Waals surface area contributed by atoms with Crippen LogP contribution in [0.3, 0.4) is 0 Å². The third-order valence-corrected chi connectivity index (χ3v) is 5.36. The number of rotatable bonds is 3. The summed E-state index contributed by atoms with van der Waals surface area (Å²) >= 11 is 0. The number of phenolic OH excluding ortho intramolecular Hbond substituents is 1. The summed E-state index contributed by atoms with van der Waals surface area (Å²) in [5, 5.41) is 12.7. The number of para-hydroxylation sites is 1. The van der Waals surface area contributed by atoms with E-state index in [1.54, 1.807) is 12.1 Å². The Bertz CT molecular complexity index is 500. The molecule has 3 unspecified atom stereocenters. The average Bonchev–Trinajstić information content (AvgIpc) is 2.53. The van der Waals surface area contributed by atoms with Crippen LogP contribution in [0.4, 0.5) is 0 Å². The van der Waals surface area contributed by atoms with Gasteiger partial charge in [-0.15, -0.1) is 0 Å². The molecule has 3 atom stereocenters. The van der Waals surface area contributed by atoms with Crippen LogP contribution in [0, 0.1) is 17.8 Å². The molecule has 0 radical (unpaired) electrons. The minimum Gasteiger partial charge on any atom is -0.508 e. The summed E-state index contributed by atoms with van der Waals surface area (Å²) < 4.78 is 0. The maximum absolute atomic E-state index is 12.4. The van der Waals surface area contributed by atoms with E-state index in [1.165, 1.54) is 32.1 Å². The maximum atomic E-state index is 12.4. The first-order valence-electron chi connectivity index (χ1n) is 8.28. The number of fused-ring (bicyclic) bond motifs is 1. The monoisotopic (exact) mass is 287 g/mol. The van der Waals surface area contributed by atoms with Crippen molar-refractivity contribution in [2.24, 2.45) is 17.8 Å². The molecule has 3 heteroatoms. The first-order chi connectivity index (χ1) is 10.2. The van der Waals surface area contributed by atoms with Gasteiger partial charge in [0.25, 0.3) is 0 Å². The Morgan fingerprint density at radius 3 is 2.67 bits per heavy atom. The number of carbonyl (C=O) groups is 1. The first kappa shape index (κ1) is 14.4. The molecular weight excluding hydrogens is 262 g/mol. The van der Waals surface area contributed by atoms with Gasteiger partial charge in [0.1, 0.15) is 5.75 Å². The lowest BCUT2D eigenvalue weighted by Crippen LogP contribution is -2.37. The highest BCUT2D eigenvalue weighted by Crippen LogP contribution is 2.42. The van der Waals surface area contributed by atoms with Gasteiger partial charge in [-0.05, 0) is 37.2 Å². The minimum atomic E-state index is 0.169. The van der Waals surface area contributed by atoms with Gasteiger partial charge in [-0.2, -0.15) is 0 Å². The molecule has 1 aromatic carbocycles. The molecule has 2 fully saturated rings. The van der Waals surface area contributed by atoms with Crippen molar-refractivity contribution in [3.8, 4) is 5.75 Å². The first-order valence-corrected chi connectivity index (χ1v) is 8.28. The van der Waals surface area contributed by atoms with E-state index in [2.05, 4.69) is 5.32 Å². The number of benzene rings is 1. The predicted molar refractivity (Wildman–Crippen MR) is 82.7 cm³/mol. The lowest BCUT2D eigenvalue weighted by atomic mass is 9.67.